The molecule has 0 N–H and O–H groups in total. The van der Waals surface area contributed by atoms with Gasteiger partial charge in [-0.05, 0) is 31.0 Å². The number of benzene rings is 1. The third-order valence-electron chi connectivity index (χ3n) is 2.88. The number of halogens is 3. The van der Waals surface area contributed by atoms with Gasteiger partial charge < -0.3 is 4.90 Å². The number of rotatable bonds is 1. The highest BCUT2D eigenvalue weighted by atomic mass is 35.5. The lowest BCUT2D eigenvalue weighted by Gasteiger charge is -2.29. The molecule has 0 aromatic heterocycles. The molecule has 1 heterocycles. The van der Waals surface area contributed by atoms with E-state index >= 15 is 0 Å². The summed E-state index contributed by atoms with van der Waals surface area (Å²) in [6.07, 6.45) is 1.56. The fourth-order valence-electron chi connectivity index (χ4n) is 1.86. The van der Waals surface area contributed by atoms with E-state index in [9.17, 15) is 9.18 Å². The van der Waals surface area contributed by atoms with Crippen molar-refractivity contribution in [3.05, 3.63) is 34.6 Å². The van der Waals surface area contributed by atoms with Crippen molar-refractivity contribution >= 4 is 29.1 Å². The van der Waals surface area contributed by atoms with Crippen LogP contribution in [0.25, 0.3) is 0 Å². The van der Waals surface area contributed by atoms with Crippen LogP contribution >= 0.6 is 23.2 Å². The second-order valence-corrected chi connectivity index (χ2v) is 5.12. The minimum atomic E-state index is -0.565. The van der Waals surface area contributed by atoms with Crippen molar-refractivity contribution in [1.82, 2.24) is 4.90 Å². The summed E-state index contributed by atoms with van der Waals surface area (Å²) >= 11 is 11.5. The van der Waals surface area contributed by atoms with Gasteiger partial charge >= 0.3 is 0 Å². The van der Waals surface area contributed by atoms with Gasteiger partial charge in [-0.3, -0.25) is 4.79 Å². The van der Waals surface area contributed by atoms with E-state index in [1.165, 1.54) is 12.1 Å². The minimum absolute atomic E-state index is 0.0287. The van der Waals surface area contributed by atoms with Crippen molar-refractivity contribution in [2.45, 2.75) is 18.2 Å². The van der Waals surface area contributed by atoms with Crippen molar-refractivity contribution in [2.75, 3.05) is 13.1 Å². The van der Waals surface area contributed by atoms with Gasteiger partial charge in [-0.1, -0.05) is 11.6 Å². The monoisotopic (exact) mass is 275 g/mol. The number of nitrogens with zero attached hydrogens (tertiary/aromatic N) is 1. The second kappa shape index (κ2) is 5.23. The second-order valence-electron chi connectivity index (χ2n) is 4.10. The van der Waals surface area contributed by atoms with Gasteiger partial charge in [-0.15, -0.1) is 11.6 Å². The summed E-state index contributed by atoms with van der Waals surface area (Å²) in [4.78, 5) is 13.7. The summed E-state index contributed by atoms with van der Waals surface area (Å²) in [6.45, 7) is 1.24. The fourth-order valence-corrected chi connectivity index (χ4v) is 2.18. The number of alkyl halides is 1. The Hall–Kier alpha value is -0.800. The average molecular weight is 276 g/mol. The molecule has 1 aromatic carbocycles. The molecule has 1 aliphatic rings. The van der Waals surface area contributed by atoms with Crippen molar-refractivity contribution in [2.24, 2.45) is 0 Å². The van der Waals surface area contributed by atoms with Gasteiger partial charge in [0.25, 0.3) is 5.91 Å². The zero-order valence-corrected chi connectivity index (χ0v) is 10.6. The maximum atomic E-state index is 13.2. The van der Waals surface area contributed by atoms with Gasteiger partial charge in [0.2, 0.25) is 0 Å². The molecule has 0 saturated carbocycles. The quantitative estimate of drug-likeness (QED) is 0.720. The summed E-state index contributed by atoms with van der Waals surface area (Å²) in [6, 6.07) is 4.12. The first-order valence-corrected chi connectivity index (χ1v) is 6.28. The Kier molecular flexibility index (Phi) is 3.89. The Morgan fingerprint density at radius 3 is 2.59 bits per heavy atom. The Balaban J connectivity index is 2.11. The molecule has 0 bridgehead atoms. The first kappa shape index (κ1) is 12.7. The number of carbonyl (C=O) groups is 1. The van der Waals surface area contributed by atoms with Gasteiger partial charge in [0, 0.05) is 24.0 Å². The van der Waals surface area contributed by atoms with Gasteiger partial charge in [0.15, 0.2) is 0 Å². The van der Waals surface area contributed by atoms with Gasteiger partial charge in [0.1, 0.15) is 5.82 Å². The summed E-state index contributed by atoms with van der Waals surface area (Å²) in [7, 11) is 0. The largest absolute Gasteiger partial charge is 0.339 e. The molecule has 5 heteroatoms. The zero-order chi connectivity index (χ0) is 12.4. The van der Waals surface area contributed by atoms with Crippen molar-refractivity contribution < 1.29 is 9.18 Å². The smallest absolute Gasteiger partial charge is 0.253 e. The number of hydrogen-bond donors (Lipinski definition) is 0. The van der Waals surface area contributed by atoms with Crippen LogP contribution in [0.1, 0.15) is 23.2 Å². The minimum Gasteiger partial charge on any atom is -0.339 e. The fraction of sp³-hybridized carbons (Fsp3) is 0.417. The number of hydrogen-bond acceptors (Lipinski definition) is 1. The van der Waals surface area contributed by atoms with Crippen LogP contribution in [0.3, 0.4) is 0 Å². The maximum Gasteiger partial charge on any atom is 0.253 e. The van der Waals surface area contributed by atoms with Crippen molar-refractivity contribution in [1.29, 1.82) is 0 Å². The molecule has 0 unspecified atom stereocenters. The zero-order valence-electron chi connectivity index (χ0n) is 9.13. The normalized spacial score (nSPS) is 17.2. The number of amides is 1. The highest BCUT2D eigenvalue weighted by molar-refractivity contribution is 6.30. The molecule has 0 aliphatic carbocycles. The first-order valence-electron chi connectivity index (χ1n) is 5.46. The Bertz CT molecular complexity index is 431. The summed E-state index contributed by atoms with van der Waals surface area (Å²) in [5.41, 5.74) is 0.333. The highest BCUT2D eigenvalue weighted by Gasteiger charge is 2.22. The molecule has 0 spiro atoms. The van der Waals surface area contributed by atoms with E-state index in [1.54, 1.807) is 11.0 Å². The molecule has 1 aliphatic heterocycles. The van der Waals surface area contributed by atoms with E-state index in [0.717, 1.165) is 12.8 Å². The van der Waals surface area contributed by atoms with Crippen molar-refractivity contribution in [3.63, 3.8) is 0 Å². The van der Waals surface area contributed by atoms with E-state index in [0.29, 0.717) is 18.7 Å². The molecular formula is C12H12Cl2FNO. The third-order valence-corrected chi connectivity index (χ3v) is 3.62. The lowest BCUT2D eigenvalue weighted by Crippen LogP contribution is -2.38. The summed E-state index contributed by atoms with van der Waals surface area (Å²) in [5, 5.41) is 0.169. The molecular weight excluding hydrogens is 264 g/mol. The van der Waals surface area contributed by atoms with Gasteiger partial charge in [-0.2, -0.15) is 0 Å². The molecule has 1 aromatic rings. The van der Waals surface area contributed by atoms with E-state index in [2.05, 4.69) is 0 Å². The Morgan fingerprint density at radius 1 is 1.35 bits per heavy atom. The van der Waals surface area contributed by atoms with E-state index < -0.39 is 5.82 Å². The molecule has 2 rings (SSSR count). The molecule has 1 saturated heterocycles. The van der Waals surface area contributed by atoms with E-state index in [4.69, 9.17) is 23.2 Å². The van der Waals surface area contributed by atoms with Crippen LogP contribution in [0.2, 0.25) is 5.02 Å². The van der Waals surface area contributed by atoms with Crippen LogP contribution in [-0.4, -0.2) is 29.3 Å². The Labute approximate surface area is 109 Å². The lowest BCUT2D eigenvalue weighted by molar-refractivity contribution is 0.0726. The van der Waals surface area contributed by atoms with Crippen LogP contribution < -0.4 is 0 Å². The van der Waals surface area contributed by atoms with Gasteiger partial charge in [0.05, 0.1) is 5.02 Å². The number of piperidine rings is 1. The highest BCUT2D eigenvalue weighted by Crippen LogP contribution is 2.20. The first-order chi connectivity index (χ1) is 8.08. The topological polar surface area (TPSA) is 20.3 Å². The summed E-state index contributed by atoms with van der Waals surface area (Å²) < 4.78 is 13.2. The predicted molar refractivity (Wildman–Crippen MR) is 66.2 cm³/mol. The van der Waals surface area contributed by atoms with Crippen LogP contribution in [0.5, 0.6) is 0 Å². The van der Waals surface area contributed by atoms with Crippen LogP contribution in [0.15, 0.2) is 18.2 Å². The number of likely N-dealkylation sites (tertiary alicyclic amines) is 1. The summed E-state index contributed by atoms with van der Waals surface area (Å²) in [5.74, 6) is -0.728. The van der Waals surface area contributed by atoms with Crippen LogP contribution in [0.4, 0.5) is 4.39 Å². The molecule has 1 fully saturated rings. The SMILES string of the molecule is O=C(c1ccc(Cl)c(F)c1)N1CCC(Cl)CC1. The third kappa shape index (κ3) is 2.90. The lowest BCUT2D eigenvalue weighted by atomic mass is 10.1. The van der Waals surface area contributed by atoms with E-state index in [1.807, 2.05) is 0 Å². The van der Waals surface area contributed by atoms with Crippen LogP contribution in [0, 0.1) is 5.82 Å². The maximum absolute atomic E-state index is 13.2. The van der Waals surface area contributed by atoms with Gasteiger partial charge in [-0.25, -0.2) is 4.39 Å². The molecule has 2 nitrogen and oxygen atoms in total. The molecule has 0 radical (unpaired) electrons. The molecule has 17 heavy (non-hydrogen) atoms. The van der Waals surface area contributed by atoms with Crippen molar-refractivity contribution in [3.8, 4) is 0 Å². The molecule has 1 amide bonds. The predicted octanol–water partition coefficient (Wildman–Crippen LogP) is 3.32. The molecule has 0 atom stereocenters. The Morgan fingerprint density at radius 2 is 2.00 bits per heavy atom. The van der Waals surface area contributed by atoms with E-state index in [-0.39, 0.29) is 16.3 Å². The standard InChI is InChI=1S/C12H12Cl2FNO/c13-9-3-5-16(6-4-9)12(17)8-1-2-10(14)11(15)7-8/h1-2,7,9H,3-6H2. The average Bonchev–Trinajstić information content (AvgIpc) is 2.33. The van der Waals surface area contributed by atoms with Crippen LogP contribution in [-0.2, 0) is 0 Å². The number of carbonyl (C=O) groups excluding carboxylic acids is 1. The molecule has 92 valence electrons.